The lowest BCUT2D eigenvalue weighted by Gasteiger charge is -2.06. The van der Waals surface area contributed by atoms with Gasteiger partial charge in [-0.05, 0) is 38.8 Å². The molecule has 2 N–H and O–H groups in total. The highest BCUT2D eigenvalue weighted by molar-refractivity contribution is 7.89. The molecule has 24 heavy (non-hydrogen) atoms. The summed E-state index contributed by atoms with van der Waals surface area (Å²) in [5.74, 6) is 0. The summed E-state index contributed by atoms with van der Waals surface area (Å²) in [5.41, 5.74) is 2.68. The van der Waals surface area contributed by atoms with Gasteiger partial charge in [0.2, 0.25) is 10.0 Å². The standard InChI is InChI=1S/C17H22N4O2S/c1-12(2)21-11-17(13(3)20-21)24(22,23)19-9-8-14-10-18-16-7-5-4-6-15(14)16/h4-7,10-12,18-19H,8-9H2,1-3H3. The molecule has 0 aliphatic carbocycles. The molecule has 0 saturated heterocycles. The lowest BCUT2D eigenvalue weighted by atomic mass is 10.1. The minimum absolute atomic E-state index is 0.124. The number of nitrogens with zero attached hydrogens (tertiary/aromatic N) is 2. The molecule has 0 spiro atoms. The van der Waals surface area contributed by atoms with Crippen LogP contribution in [-0.4, -0.2) is 29.7 Å². The van der Waals surface area contributed by atoms with E-state index < -0.39 is 10.0 Å². The van der Waals surface area contributed by atoms with Crippen LogP contribution in [0.3, 0.4) is 0 Å². The number of hydrogen-bond donors (Lipinski definition) is 2. The van der Waals surface area contributed by atoms with E-state index in [0.29, 0.717) is 18.7 Å². The normalized spacial score (nSPS) is 12.3. The number of aromatic nitrogens is 3. The molecule has 6 nitrogen and oxygen atoms in total. The molecule has 0 atom stereocenters. The fourth-order valence-corrected chi connectivity index (χ4v) is 3.93. The average molecular weight is 346 g/mol. The van der Waals surface area contributed by atoms with E-state index in [2.05, 4.69) is 14.8 Å². The van der Waals surface area contributed by atoms with E-state index >= 15 is 0 Å². The summed E-state index contributed by atoms with van der Waals surface area (Å²) in [6, 6.07) is 8.12. The number of aryl methyl sites for hydroxylation is 1. The Morgan fingerprint density at radius 3 is 2.75 bits per heavy atom. The van der Waals surface area contributed by atoms with Crippen molar-refractivity contribution in [2.75, 3.05) is 6.54 Å². The van der Waals surface area contributed by atoms with Gasteiger partial charge in [-0.1, -0.05) is 18.2 Å². The van der Waals surface area contributed by atoms with Gasteiger partial charge in [-0.15, -0.1) is 0 Å². The zero-order valence-corrected chi connectivity index (χ0v) is 14.9. The van der Waals surface area contributed by atoms with Crippen molar-refractivity contribution >= 4 is 20.9 Å². The third kappa shape index (κ3) is 3.22. The number of nitrogens with one attached hydrogen (secondary N) is 2. The summed E-state index contributed by atoms with van der Waals surface area (Å²) in [5, 5.41) is 5.39. The second-order valence-corrected chi connectivity index (χ2v) is 7.90. The largest absolute Gasteiger partial charge is 0.361 e. The molecule has 3 aromatic rings. The molecule has 0 fully saturated rings. The van der Waals surface area contributed by atoms with Crippen LogP contribution in [0.4, 0.5) is 0 Å². The van der Waals surface area contributed by atoms with Crippen molar-refractivity contribution in [1.29, 1.82) is 0 Å². The molecule has 3 rings (SSSR count). The van der Waals surface area contributed by atoms with Crippen LogP contribution in [0.15, 0.2) is 41.6 Å². The van der Waals surface area contributed by atoms with E-state index in [9.17, 15) is 8.42 Å². The third-order valence-corrected chi connectivity index (χ3v) is 5.62. The topological polar surface area (TPSA) is 79.8 Å². The maximum Gasteiger partial charge on any atom is 0.243 e. The van der Waals surface area contributed by atoms with Gasteiger partial charge in [0, 0.05) is 35.9 Å². The molecule has 0 amide bonds. The molecule has 2 heterocycles. The van der Waals surface area contributed by atoms with Gasteiger partial charge in [-0.25, -0.2) is 13.1 Å². The van der Waals surface area contributed by atoms with Crippen molar-refractivity contribution in [2.45, 2.75) is 38.1 Å². The van der Waals surface area contributed by atoms with Crippen LogP contribution in [0.5, 0.6) is 0 Å². The van der Waals surface area contributed by atoms with Crippen LogP contribution in [0, 0.1) is 6.92 Å². The zero-order chi connectivity index (χ0) is 17.3. The second kappa shape index (κ2) is 6.41. The lowest BCUT2D eigenvalue weighted by molar-refractivity contribution is 0.528. The minimum atomic E-state index is -3.55. The van der Waals surface area contributed by atoms with Crippen LogP contribution in [0.1, 0.15) is 31.1 Å². The number of para-hydroxylation sites is 1. The highest BCUT2D eigenvalue weighted by Gasteiger charge is 2.20. The van der Waals surface area contributed by atoms with Crippen molar-refractivity contribution in [3.63, 3.8) is 0 Å². The van der Waals surface area contributed by atoms with Crippen molar-refractivity contribution < 1.29 is 8.42 Å². The average Bonchev–Trinajstić information content (AvgIpc) is 3.12. The first-order valence-corrected chi connectivity index (χ1v) is 9.47. The Morgan fingerprint density at radius 1 is 1.29 bits per heavy atom. The van der Waals surface area contributed by atoms with E-state index in [0.717, 1.165) is 16.5 Å². The Bertz CT molecular complexity index is 954. The van der Waals surface area contributed by atoms with Crippen LogP contribution in [-0.2, 0) is 16.4 Å². The molecule has 1 aromatic carbocycles. The minimum Gasteiger partial charge on any atom is -0.361 e. The van der Waals surface area contributed by atoms with Crippen LogP contribution < -0.4 is 4.72 Å². The molecule has 0 saturated carbocycles. The van der Waals surface area contributed by atoms with Crippen LogP contribution in [0.2, 0.25) is 0 Å². The summed E-state index contributed by atoms with van der Waals surface area (Å²) in [4.78, 5) is 3.45. The summed E-state index contributed by atoms with van der Waals surface area (Å²) in [6.45, 7) is 5.99. The first-order chi connectivity index (χ1) is 11.4. The quantitative estimate of drug-likeness (QED) is 0.720. The van der Waals surface area contributed by atoms with Crippen molar-refractivity contribution in [3.8, 4) is 0 Å². The van der Waals surface area contributed by atoms with E-state index in [1.165, 1.54) is 0 Å². The summed E-state index contributed by atoms with van der Waals surface area (Å²) in [6.07, 6.45) is 4.15. The van der Waals surface area contributed by atoms with Gasteiger partial charge < -0.3 is 4.98 Å². The molecule has 2 aromatic heterocycles. The predicted molar refractivity (Wildman–Crippen MR) is 94.5 cm³/mol. The maximum atomic E-state index is 12.5. The molecule has 128 valence electrons. The fourth-order valence-electron chi connectivity index (χ4n) is 2.73. The Morgan fingerprint density at radius 2 is 2.04 bits per heavy atom. The van der Waals surface area contributed by atoms with E-state index in [1.54, 1.807) is 17.8 Å². The molecule has 0 radical (unpaired) electrons. The number of fused-ring (bicyclic) bond motifs is 1. The maximum absolute atomic E-state index is 12.5. The Balaban J connectivity index is 1.71. The molecule has 0 bridgehead atoms. The van der Waals surface area contributed by atoms with Crippen LogP contribution in [0.25, 0.3) is 10.9 Å². The Hall–Kier alpha value is -2.12. The third-order valence-electron chi connectivity index (χ3n) is 4.05. The smallest absolute Gasteiger partial charge is 0.243 e. The van der Waals surface area contributed by atoms with Crippen molar-refractivity contribution in [1.82, 2.24) is 19.5 Å². The van der Waals surface area contributed by atoms with Gasteiger partial charge in [-0.3, -0.25) is 4.68 Å². The van der Waals surface area contributed by atoms with Crippen LogP contribution >= 0.6 is 0 Å². The second-order valence-electron chi connectivity index (χ2n) is 6.16. The van der Waals surface area contributed by atoms with Gasteiger partial charge in [0.1, 0.15) is 4.90 Å². The molecule has 0 aliphatic heterocycles. The number of rotatable bonds is 6. The monoisotopic (exact) mass is 346 g/mol. The fraction of sp³-hybridized carbons (Fsp3) is 0.353. The van der Waals surface area contributed by atoms with E-state index in [4.69, 9.17) is 0 Å². The van der Waals surface area contributed by atoms with Crippen molar-refractivity contribution in [2.24, 2.45) is 0 Å². The molecule has 0 aliphatic rings. The number of H-pyrrole nitrogens is 1. The number of sulfonamides is 1. The summed E-state index contributed by atoms with van der Waals surface area (Å²) in [7, 11) is -3.55. The zero-order valence-electron chi connectivity index (χ0n) is 14.1. The highest BCUT2D eigenvalue weighted by atomic mass is 32.2. The van der Waals surface area contributed by atoms with Gasteiger partial charge in [0.15, 0.2) is 0 Å². The van der Waals surface area contributed by atoms with E-state index in [1.807, 2.05) is 44.3 Å². The van der Waals surface area contributed by atoms with Gasteiger partial charge in [0.05, 0.1) is 5.69 Å². The molecule has 0 unspecified atom stereocenters. The first kappa shape index (κ1) is 16.7. The number of hydrogen-bond acceptors (Lipinski definition) is 3. The number of aromatic amines is 1. The van der Waals surface area contributed by atoms with E-state index in [-0.39, 0.29) is 10.9 Å². The lowest BCUT2D eigenvalue weighted by Crippen LogP contribution is -2.26. The predicted octanol–water partition coefficient (Wildman–Crippen LogP) is 2.77. The first-order valence-electron chi connectivity index (χ1n) is 7.99. The number of benzene rings is 1. The Labute approximate surface area is 141 Å². The van der Waals surface area contributed by atoms with Crippen molar-refractivity contribution in [3.05, 3.63) is 47.9 Å². The molecular formula is C17H22N4O2S. The Kier molecular flexibility index (Phi) is 4.47. The molecule has 7 heteroatoms. The van der Waals surface area contributed by atoms with Gasteiger partial charge in [-0.2, -0.15) is 5.10 Å². The van der Waals surface area contributed by atoms with Gasteiger partial charge in [0.25, 0.3) is 0 Å². The summed E-state index contributed by atoms with van der Waals surface area (Å²) < 4.78 is 29.4. The van der Waals surface area contributed by atoms with Gasteiger partial charge >= 0.3 is 0 Å². The highest BCUT2D eigenvalue weighted by Crippen LogP contribution is 2.19. The molecular weight excluding hydrogens is 324 g/mol. The summed E-state index contributed by atoms with van der Waals surface area (Å²) >= 11 is 0. The SMILES string of the molecule is Cc1nn(C(C)C)cc1S(=O)(=O)NCCc1c[nH]c2ccccc12.